The van der Waals surface area contributed by atoms with E-state index < -0.39 is 22.8 Å². The zero-order chi connectivity index (χ0) is 24.3. The standard InChI is InChI=1S/C21H20ClN3O8/c1-4-11(2)32-18-14(22)7-12(9-16(18)25(29)30)8-15-19(26)24(21(28)23-15)10-13-5-6-17(33-13)20(27)31-3/h5-9,11H,4,10H2,1-3H3,(H,23,28)/b15-8-/t11-/m0/s1. The first-order valence-electron chi connectivity index (χ1n) is 9.80. The summed E-state index contributed by atoms with van der Waals surface area (Å²) in [5.41, 5.74) is -0.255. The fourth-order valence-corrected chi connectivity index (χ4v) is 3.20. The van der Waals surface area contributed by atoms with Gasteiger partial charge in [-0.15, -0.1) is 0 Å². The van der Waals surface area contributed by atoms with Crippen molar-refractivity contribution in [3.8, 4) is 5.75 Å². The summed E-state index contributed by atoms with van der Waals surface area (Å²) in [6.45, 7) is 3.38. The molecule has 1 aliphatic rings. The summed E-state index contributed by atoms with van der Waals surface area (Å²) in [6.07, 6.45) is 1.59. The third kappa shape index (κ3) is 5.14. The van der Waals surface area contributed by atoms with Gasteiger partial charge >= 0.3 is 17.7 Å². The summed E-state index contributed by atoms with van der Waals surface area (Å²) in [7, 11) is 1.19. The predicted molar refractivity (Wildman–Crippen MR) is 116 cm³/mol. The first-order chi connectivity index (χ1) is 15.6. The smallest absolute Gasteiger partial charge is 0.373 e. The van der Waals surface area contributed by atoms with Gasteiger partial charge in [-0.05, 0) is 43.2 Å². The third-order valence-electron chi connectivity index (χ3n) is 4.77. The Kier molecular flexibility index (Phi) is 7.02. The number of carbonyl (C=O) groups excluding carboxylic acids is 3. The van der Waals surface area contributed by atoms with Crippen LogP contribution in [-0.4, -0.2) is 40.9 Å². The Morgan fingerprint density at radius 3 is 2.73 bits per heavy atom. The molecule has 0 unspecified atom stereocenters. The average molecular weight is 478 g/mol. The van der Waals surface area contributed by atoms with E-state index >= 15 is 0 Å². The Balaban J connectivity index is 1.86. The molecule has 12 heteroatoms. The molecule has 0 spiro atoms. The molecule has 0 radical (unpaired) electrons. The van der Waals surface area contributed by atoms with Crippen molar-refractivity contribution in [3.05, 3.63) is 62.2 Å². The van der Waals surface area contributed by atoms with Gasteiger partial charge in [-0.3, -0.25) is 19.8 Å². The molecule has 2 heterocycles. The van der Waals surface area contributed by atoms with E-state index in [1.807, 2.05) is 6.92 Å². The van der Waals surface area contributed by atoms with Gasteiger partial charge in [0.1, 0.15) is 11.5 Å². The number of urea groups is 1. The van der Waals surface area contributed by atoms with Gasteiger partial charge in [-0.25, -0.2) is 9.59 Å². The summed E-state index contributed by atoms with van der Waals surface area (Å²) >= 11 is 6.21. The van der Waals surface area contributed by atoms with Crippen LogP contribution in [0.5, 0.6) is 5.75 Å². The lowest BCUT2D eigenvalue weighted by Gasteiger charge is -2.14. The van der Waals surface area contributed by atoms with Crippen molar-refractivity contribution in [2.75, 3.05) is 7.11 Å². The number of imide groups is 1. The molecular formula is C21H20ClN3O8. The highest BCUT2D eigenvalue weighted by molar-refractivity contribution is 6.32. The van der Waals surface area contributed by atoms with Crippen LogP contribution in [-0.2, 0) is 16.1 Å². The van der Waals surface area contributed by atoms with E-state index in [2.05, 4.69) is 10.1 Å². The number of nitro groups is 1. The summed E-state index contributed by atoms with van der Waals surface area (Å²) in [4.78, 5) is 48.3. The minimum Gasteiger partial charge on any atom is -0.483 e. The molecule has 1 aromatic heterocycles. The maximum Gasteiger partial charge on any atom is 0.373 e. The van der Waals surface area contributed by atoms with Gasteiger partial charge in [0.2, 0.25) is 11.5 Å². The molecule has 33 heavy (non-hydrogen) atoms. The molecule has 1 aliphatic heterocycles. The fraction of sp³-hybridized carbons (Fsp3) is 0.286. The number of furan rings is 1. The van der Waals surface area contributed by atoms with Crippen LogP contribution >= 0.6 is 11.6 Å². The van der Waals surface area contributed by atoms with E-state index in [0.717, 1.165) is 4.90 Å². The molecular weight excluding hydrogens is 458 g/mol. The highest BCUT2D eigenvalue weighted by atomic mass is 35.5. The van der Waals surface area contributed by atoms with Crippen LogP contribution in [0.2, 0.25) is 5.02 Å². The molecule has 1 saturated heterocycles. The number of hydrogen-bond donors (Lipinski definition) is 1. The van der Waals surface area contributed by atoms with E-state index in [0.29, 0.717) is 6.42 Å². The second-order valence-corrected chi connectivity index (χ2v) is 7.49. The van der Waals surface area contributed by atoms with Gasteiger partial charge < -0.3 is 19.2 Å². The van der Waals surface area contributed by atoms with Gasteiger partial charge in [0.05, 0.1) is 29.7 Å². The second kappa shape index (κ2) is 9.74. The van der Waals surface area contributed by atoms with Crippen molar-refractivity contribution in [2.24, 2.45) is 0 Å². The molecule has 3 rings (SSSR count). The van der Waals surface area contributed by atoms with Crippen LogP contribution in [0.3, 0.4) is 0 Å². The van der Waals surface area contributed by atoms with Crippen molar-refractivity contribution in [3.63, 3.8) is 0 Å². The summed E-state index contributed by atoms with van der Waals surface area (Å²) < 4.78 is 15.4. The number of methoxy groups -OCH3 is 1. The Hall–Kier alpha value is -3.86. The van der Waals surface area contributed by atoms with Crippen LogP contribution in [0.25, 0.3) is 6.08 Å². The summed E-state index contributed by atoms with van der Waals surface area (Å²) in [6, 6.07) is 4.68. The summed E-state index contributed by atoms with van der Waals surface area (Å²) in [5.74, 6) is -1.34. The molecule has 11 nitrogen and oxygen atoms in total. The van der Waals surface area contributed by atoms with Crippen LogP contribution in [0.4, 0.5) is 10.5 Å². The minimum atomic E-state index is -0.723. The Morgan fingerprint density at radius 2 is 2.09 bits per heavy atom. The largest absolute Gasteiger partial charge is 0.483 e. The van der Waals surface area contributed by atoms with Gasteiger partial charge in [-0.2, -0.15) is 0 Å². The fourth-order valence-electron chi connectivity index (χ4n) is 2.93. The number of hydrogen-bond acceptors (Lipinski definition) is 8. The molecule has 1 N–H and O–H groups in total. The Morgan fingerprint density at radius 1 is 1.36 bits per heavy atom. The lowest BCUT2D eigenvalue weighted by atomic mass is 10.1. The predicted octanol–water partition coefficient (Wildman–Crippen LogP) is 3.90. The number of esters is 1. The maximum atomic E-state index is 12.7. The number of ether oxygens (including phenoxy) is 2. The first kappa shape index (κ1) is 23.8. The monoisotopic (exact) mass is 477 g/mol. The number of nitrogens with one attached hydrogen (secondary N) is 1. The molecule has 2 aromatic rings. The van der Waals surface area contributed by atoms with Crippen molar-refractivity contribution in [1.29, 1.82) is 0 Å². The molecule has 1 atom stereocenters. The number of nitro benzene ring substituents is 1. The van der Waals surface area contributed by atoms with Crippen LogP contribution in [0.15, 0.2) is 34.4 Å². The van der Waals surface area contributed by atoms with Gasteiger partial charge in [0, 0.05) is 6.07 Å². The average Bonchev–Trinajstić information content (AvgIpc) is 3.35. The van der Waals surface area contributed by atoms with E-state index in [1.54, 1.807) is 6.92 Å². The van der Waals surface area contributed by atoms with Gasteiger partial charge in [0.25, 0.3) is 5.91 Å². The SMILES string of the molecule is CC[C@H](C)Oc1c(Cl)cc(/C=C2\NC(=O)N(Cc3ccc(C(=O)OC)o3)C2=O)cc1[N+](=O)[O-]. The first-order valence-corrected chi connectivity index (χ1v) is 10.2. The topological polar surface area (TPSA) is 141 Å². The summed E-state index contributed by atoms with van der Waals surface area (Å²) in [5, 5.41) is 13.9. The van der Waals surface area contributed by atoms with Crippen molar-refractivity contribution >= 4 is 41.3 Å². The molecule has 0 saturated carbocycles. The Bertz CT molecular complexity index is 1160. The van der Waals surface area contributed by atoms with Crippen LogP contribution in [0.1, 0.15) is 42.1 Å². The molecule has 1 aromatic carbocycles. The molecule has 0 bridgehead atoms. The van der Waals surface area contributed by atoms with Gasteiger partial charge in [0.15, 0.2) is 0 Å². The Labute approximate surface area is 193 Å². The van der Waals surface area contributed by atoms with Crippen molar-refractivity contribution in [1.82, 2.24) is 10.2 Å². The molecule has 0 aliphatic carbocycles. The number of benzene rings is 1. The third-order valence-corrected chi connectivity index (χ3v) is 5.05. The van der Waals surface area contributed by atoms with E-state index in [9.17, 15) is 24.5 Å². The van der Waals surface area contributed by atoms with Crippen molar-refractivity contribution in [2.45, 2.75) is 32.9 Å². The number of nitrogens with zero attached hydrogens (tertiary/aromatic N) is 2. The minimum absolute atomic E-state index is 0.00379. The molecule has 1 fully saturated rings. The number of halogens is 1. The molecule has 174 valence electrons. The normalized spacial score (nSPS) is 15.5. The molecule has 3 amide bonds. The highest BCUT2D eigenvalue weighted by Crippen LogP contribution is 2.38. The zero-order valence-corrected chi connectivity index (χ0v) is 18.7. The van der Waals surface area contributed by atoms with Crippen molar-refractivity contribution < 1.29 is 33.2 Å². The zero-order valence-electron chi connectivity index (χ0n) is 17.9. The number of amides is 3. The quantitative estimate of drug-likeness (QED) is 0.198. The maximum absolute atomic E-state index is 12.7. The van der Waals surface area contributed by atoms with E-state index in [1.165, 1.54) is 37.5 Å². The van der Waals surface area contributed by atoms with Crippen LogP contribution in [0, 0.1) is 10.1 Å². The van der Waals surface area contributed by atoms with E-state index in [-0.39, 0.29) is 51.9 Å². The number of carbonyl (C=O) groups is 3. The highest BCUT2D eigenvalue weighted by Gasteiger charge is 2.34. The van der Waals surface area contributed by atoms with Gasteiger partial charge in [-0.1, -0.05) is 18.5 Å². The van der Waals surface area contributed by atoms with E-state index in [4.69, 9.17) is 20.8 Å². The number of rotatable bonds is 8. The lowest BCUT2D eigenvalue weighted by molar-refractivity contribution is -0.386. The second-order valence-electron chi connectivity index (χ2n) is 7.08. The lowest BCUT2D eigenvalue weighted by Crippen LogP contribution is -2.30. The van der Waals surface area contributed by atoms with Crippen LogP contribution < -0.4 is 10.1 Å².